The number of aromatic nitrogens is 2. The van der Waals surface area contributed by atoms with Gasteiger partial charge in [-0.2, -0.15) is 5.10 Å². The summed E-state index contributed by atoms with van der Waals surface area (Å²) in [6, 6.07) is 18.2. The van der Waals surface area contributed by atoms with Crippen molar-refractivity contribution in [1.82, 2.24) is 9.78 Å². The molecule has 0 aliphatic rings. The van der Waals surface area contributed by atoms with Gasteiger partial charge in [0.1, 0.15) is 0 Å². The Morgan fingerprint density at radius 1 is 1.04 bits per heavy atom. The van der Waals surface area contributed by atoms with Crippen LogP contribution in [0.4, 0.5) is 11.4 Å². The largest absolute Gasteiger partial charge is 0.332 e. The number of hydrogen-bond acceptors (Lipinski definition) is 2. The van der Waals surface area contributed by atoms with Crippen molar-refractivity contribution in [2.45, 2.75) is 20.4 Å². The summed E-state index contributed by atoms with van der Waals surface area (Å²) in [5.74, 6) is 0. The number of thiocarbonyl (C=S) groups is 1. The van der Waals surface area contributed by atoms with Crippen molar-refractivity contribution in [2.24, 2.45) is 0 Å². The van der Waals surface area contributed by atoms with E-state index in [0.29, 0.717) is 5.11 Å². The average Bonchev–Trinajstić information content (AvgIpc) is 2.87. The summed E-state index contributed by atoms with van der Waals surface area (Å²) < 4.78 is 3.04. The van der Waals surface area contributed by atoms with Crippen LogP contribution in [0.1, 0.15) is 17.0 Å². The predicted octanol–water partition coefficient (Wildman–Crippen LogP) is 5.12. The zero-order chi connectivity index (χ0) is 17.8. The molecule has 25 heavy (non-hydrogen) atoms. The molecule has 0 radical (unpaired) electrons. The average molecular weight is 415 g/mol. The molecule has 0 saturated heterocycles. The van der Waals surface area contributed by atoms with Crippen LogP contribution in [0.5, 0.6) is 0 Å². The lowest BCUT2D eigenvalue weighted by Gasteiger charge is -2.12. The van der Waals surface area contributed by atoms with Gasteiger partial charge in [0.2, 0.25) is 0 Å². The normalized spacial score (nSPS) is 10.5. The summed E-state index contributed by atoms with van der Waals surface area (Å²) in [4.78, 5) is 0. The Morgan fingerprint density at radius 3 is 2.44 bits per heavy atom. The Hall–Kier alpha value is -2.18. The van der Waals surface area contributed by atoms with E-state index in [1.807, 2.05) is 48.0 Å². The number of nitrogens with zero attached hydrogens (tertiary/aromatic N) is 2. The first-order chi connectivity index (χ1) is 12.0. The molecule has 0 unspecified atom stereocenters. The standard InChI is InChI=1S/C19H19BrN4S/c1-13-10-14(2)24(23-13)12-15-4-3-5-18(11-15)22-19(25)21-17-8-6-16(20)7-9-17/h3-11H,12H2,1-2H3,(H2,21,22,25). The number of halogens is 1. The molecule has 3 aromatic rings. The summed E-state index contributed by atoms with van der Waals surface area (Å²) in [7, 11) is 0. The lowest BCUT2D eigenvalue weighted by atomic mass is 10.2. The van der Waals surface area contributed by atoms with Crippen molar-refractivity contribution < 1.29 is 0 Å². The minimum atomic E-state index is 0.561. The first kappa shape index (κ1) is 17.6. The molecule has 0 aliphatic heterocycles. The van der Waals surface area contributed by atoms with E-state index >= 15 is 0 Å². The Kier molecular flexibility index (Phi) is 5.50. The molecule has 0 atom stereocenters. The van der Waals surface area contributed by atoms with Crippen LogP contribution in [0.25, 0.3) is 0 Å². The topological polar surface area (TPSA) is 41.9 Å². The van der Waals surface area contributed by atoms with Crippen LogP contribution in [-0.2, 0) is 6.54 Å². The molecule has 6 heteroatoms. The van der Waals surface area contributed by atoms with E-state index in [1.54, 1.807) is 0 Å². The molecule has 0 bridgehead atoms. The zero-order valence-corrected chi connectivity index (χ0v) is 16.5. The van der Waals surface area contributed by atoms with E-state index in [9.17, 15) is 0 Å². The number of nitrogens with one attached hydrogen (secondary N) is 2. The van der Waals surface area contributed by atoms with E-state index in [1.165, 1.54) is 5.56 Å². The molecule has 3 rings (SSSR count). The quantitative estimate of drug-likeness (QED) is 0.581. The summed E-state index contributed by atoms with van der Waals surface area (Å²) in [6.07, 6.45) is 0. The molecular weight excluding hydrogens is 396 g/mol. The zero-order valence-electron chi connectivity index (χ0n) is 14.1. The van der Waals surface area contributed by atoms with Crippen molar-refractivity contribution in [1.29, 1.82) is 0 Å². The van der Waals surface area contributed by atoms with E-state index in [0.717, 1.165) is 33.8 Å². The molecular formula is C19H19BrN4S. The lowest BCUT2D eigenvalue weighted by Crippen LogP contribution is -2.19. The maximum atomic E-state index is 5.40. The van der Waals surface area contributed by atoms with Gasteiger partial charge in [0, 0.05) is 21.5 Å². The SMILES string of the molecule is Cc1cc(C)n(Cc2cccc(NC(=S)Nc3ccc(Br)cc3)c2)n1. The highest BCUT2D eigenvalue weighted by atomic mass is 79.9. The molecule has 1 aromatic heterocycles. The highest BCUT2D eigenvalue weighted by Crippen LogP contribution is 2.16. The highest BCUT2D eigenvalue weighted by molar-refractivity contribution is 9.10. The van der Waals surface area contributed by atoms with Gasteiger partial charge in [0.15, 0.2) is 5.11 Å². The van der Waals surface area contributed by atoms with E-state index in [-0.39, 0.29) is 0 Å². The number of anilines is 2. The first-order valence-corrected chi connectivity index (χ1v) is 9.13. The fourth-order valence-corrected chi connectivity index (χ4v) is 3.08. The van der Waals surface area contributed by atoms with Crippen LogP contribution in [0.15, 0.2) is 59.1 Å². The summed E-state index contributed by atoms with van der Waals surface area (Å²) >= 11 is 8.82. The summed E-state index contributed by atoms with van der Waals surface area (Å²) in [6.45, 7) is 4.81. The summed E-state index contributed by atoms with van der Waals surface area (Å²) in [5, 5.41) is 11.5. The van der Waals surface area contributed by atoms with Gasteiger partial charge in [0.05, 0.1) is 12.2 Å². The second-order valence-electron chi connectivity index (χ2n) is 5.87. The molecule has 4 nitrogen and oxygen atoms in total. The highest BCUT2D eigenvalue weighted by Gasteiger charge is 2.04. The van der Waals surface area contributed by atoms with Gasteiger partial charge in [-0.25, -0.2) is 0 Å². The maximum absolute atomic E-state index is 5.40. The van der Waals surface area contributed by atoms with Gasteiger partial charge in [0.25, 0.3) is 0 Å². The van der Waals surface area contributed by atoms with Crippen molar-refractivity contribution in [3.63, 3.8) is 0 Å². The molecule has 128 valence electrons. The minimum Gasteiger partial charge on any atom is -0.332 e. The third-order valence-corrected chi connectivity index (χ3v) is 4.46. The minimum absolute atomic E-state index is 0.561. The molecule has 1 heterocycles. The van der Waals surface area contributed by atoms with E-state index in [2.05, 4.69) is 56.8 Å². The van der Waals surface area contributed by atoms with Crippen LogP contribution in [0.2, 0.25) is 0 Å². The maximum Gasteiger partial charge on any atom is 0.175 e. The third kappa shape index (κ3) is 4.90. The van der Waals surface area contributed by atoms with Crippen LogP contribution in [0.3, 0.4) is 0 Å². The van der Waals surface area contributed by atoms with Crippen molar-refractivity contribution in [3.8, 4) is 0 Å². The Labute approximate surface area is 161 Å². The molecule has 0 saturated carbocycles. The molecule has 0 aliphatic carbocycles. The number of hydrogen-bond donors (Lipinski definition) is 2. The van der Waals surface area contributed by atoms with E-state index in [4.69, 9.17) is 12.2 Å². The van der Waals surface area contributed by atoms with Crippen LogP contribution in [0, 0.1) is 13.8 Å². The monoisotopic (exact) mass is 414 g/mol. The second kappa shape index (κ2) is 7.80. The first-order valence-electron chi connectivity index (χ1n) is 7.93. The summed E-state index contributed by atoms with van der Waals surface area (Å²) in [5.41, 5.74) is 5.26. The number of rotatable bonds is 4. The second-order valence-corrected chi connectivity index (χ2v) is 7.20. The fourth-order valence-electron chi connectivity index (χ4n) is 2.58. The smallest absolute Gasteiger partial charge is 0.175 e. The molecule has 0 spiro atoms. The fraction of sp³-hybridized carbons (Fsp3) is 0.158. The Morgan fingerprint density at radius 2 is 1.76 bits per heavy atom. The predicted molar refractivity (Wildman–Crippen MR) is 111 cm³/mol. The van der Waals surface area contributed by atoms with Gasteiger partial charge in [-0.3, -0.25) is 4.68 Å². The van der Waals surface area contributed by atoms with Gasteiger partial charge >= 0.3 is 0 Å². The lowest BCUT2D eigenvalue weighted by molar-refractivity contribution is 0.659. The molecule has 2 aromatic carbocycles. The Bertz CT molecular complexity index is 887. The van der Waals surface area contributed by atoms with E-state index < -0.39 is 0 Å². The van der Waals surface area contributed by atoms with Gasteiger partial charge < -0.3 is 10.6 Å². The molecule has 0 amide bonds. The van der Waals surface area contributed by atoms with Gasteiger partial charge in [-0.1, -0.05) is 28.1 Å². The molecule has 0 fully saturated rings. The van der Waals surface area contributed by atoms with Gasteiger partial charge in [-0.15, -0.1) is 0 Å². The van der Waals surface area contributed by atoms with Gasteiger partial charge in [-0.05, 0) is 74.1 Å². The number of benzene rings is 2. The third-order valence-electron chi connectivity index (χ3n) is 3.72. The van der Waals surface area contributed by atoms with Crippen LogP contribution < -0.4 is 10.6 Å². The molecule has 2 N–H and O–H groups in total. The van der Waals surface area contributed by atoms with Crippen molar-refractivity contribution in [2.75, 3.05) is 10.6 Å². The van der Waals surface area contributed by atoms with Crippen molar-refractivity contribution >= 4 is 44.6 Å². The Balaban J connectivity index is 1.65. The number of aryl methyl sites for hydroxylation is 2. The van der Waals surface area contributed by atoms with Crippen LogP contribution >= 0.6 is 28.1 Å². The van der Waals surface area contributed by atoms with Crippen molar-refractivity contribution in [3.05, 3.63) is 76.0 Å². The van der Waals surface area contributed by atoms with Crippen LogP contribution in [-0.4, -0.2) is 14.9 Å².